The van der Waals surface area contributed by atoms with Crippen molar-refractivity contribution in [3.63, 3.8) is 0 Å². The first-order chi connectivity index (χ1) is 10.8. The van der Waals surface area contributed by atoms with Crippen LogP contribution in [-0.2, 0) is 11.2 Å². The highest BCUT2D eigenvalue weighted by atomic mass is 32.2. The van der Waals surface area contributed by atoms with E-state index in [2.05, 4.69) is 31.1 Å². The van der Waals surface area contributed by atoms with Crippen molar-refractivity contribution in [3.8, 4) is 0 Å². The summed E-state index contributed by atoms with van der Waals surface area (Å²) in [6.45, 7) is 6.34. The van der Waals surface area contributed by atoms with Gasteiger partial charge in [-0.05, 0) is 18.1 Å². The number of aromatic nitrogens is 2. The molecule has 0 bridgehead atoms. The fraction of sp³-hybridized carbons (Fsp3) is 0.667. The van der Waals surface area contributed by atoms with Crippen molar-refractivity contribution in [2.75, 3.05) is 11.5 Å². The predicted molar refractivity (Wildman–Crippen MR) is 91.7 cm³/mol. The number of carbonyl (C=O) groups is 2. The normalized spacial score (nSPS) is 13.8. The Kier molecular flexibility index (Phi) is 8.11. The van der Waals surface area contributed by atoms with Crippen molar-refractivity contribution in [1.29, 1.82) is 0 Å². The third-order valence-corrected chi connectivity index (χ3v) is 4.27. The van der Waals surface area contributed by atoms with Crippen molar-refractivity contribution in [3.05, 3.63) is 18.2 Å². The van der Waals surface area contributed by atoms with Gasteiger partial charge in [0, 0.05) is 24.4 Å². The maximum absolute atomic E-state index is 12.3. The van der Waals surface area contributed by atoms with Crippen molar-refractivity contribution < 1.29 is 14.7 Å². The van der Waals surface area contributed by atoms with Crippen LogP contribution in [0.5, 0.6) is 0 Å². The van der Waals surface area contributed by atoms with Gasteiger partial charge in [-0.2, -0.15) is 11.8 Å². The maximum atomic E-state index is 12.3. The lowest BCUT2D eigenvalue weighted by atomic mass is 10.1. The molecule has 0 aliphatic rings. The van der Waals surface area contributed by atoms with E-state index in [1.165, 1.54) is 17.1 Å². The summed E-state index contributed by atoms with van der Waals surface area (Å²) in [5.74, 6) is 1.28. The van der Waals surface area contributed by atoms with Crippen LogP contribution in [0.25, 0.3) is 0 Å². The largest absolute Gasteiger partial charge is 0.480 e. The zero-order valence-electron chi connectivity index (χ0n) is 13.9. The number of imidazole rings is 1. The zero-order valence-corrected chi connectivity index (χ0v) is 14.7. The van der Waals surface area contributed by atoms with Crippen LogP contribution >= 0.6 is 11.8 Å². The molecule has 0 aromatic carbocycles. The van der Waals surface area contributed by atoms with Crippen molar-refractivity contribution in [2.45, 2.75) is 45.7 Å². The van der Waals surface area contributed by atoms with Crippen LogP contribution in [0, 0.1) is 5.92 Å². The number of thioether (sulfide) groups is 1. The first-order valence-corrected chi connectivity index (χ1v) is 8.88. The van der Waals surface area contributed by atoms with Crippen LogP contribution < -0.4 is 11.1 Å². The quantitative estimate of drug-likeness (QED) is 0.628. The molecular formula is C15H26N4O3S. The second kappa shape index (κ2) is 9.57. The van der Waals surface area contributed by atoms with Gasteiger partial charge in [0.05, 0.1) is 5.69 Å². The summed E-state index contributed by atoms with van der Waals surface area (Å²) in [4.78, 5) is 27.1. The SMILES string of the molecule is CCSC[C@H](CC(C)C)NC(=O)n1cnc(C[C@H](N)C(=O)O)c1. The molecule has 0 unspecified atom stereocenters. The van der Waals surface area contributed by atoms with Crippen molar-refractivity contribution in [1.82, 2.24) is 14.9 Å². The molecule has 1 rings (SSSR count). The molecule has 4 N–H and O–H groups in total. The minimum Gasteiger partial charge on any atom is -0.480 e. The Morgan fingerprint density at radius 3 is 2.74 bits per heavy atom. The molecule has 0 spiro atoms. The van der Waals surface area contributed by atoms with Gasteiger partial charge in [-0.1, -0.05) is 20.8 Å². The average molecular weight is 342 g/mol. The Hall–Kier alpha value is -1.54. The highest BCUT2D eigenvalue weighted by molar-refractivity contribution is 7.99. The molecule has 2 atom stereocenters. The number of carboxylic acid groups (broad SMARTS) is 1. The van der Waals surface area contributed by atoms with E-state index >= 15 is 0 Å². The minimum atomic E-state index is -1.09. The van der Waals surface area contributed by atoms with Gasteiger partial charge in [-0.3, -0.25) is 9.36 Å². The minimum absolute atomic E-state index is 0.0940. The summed E-state index contributed by atoms with van der Waals surface area (Å²) in [6.07, 6.45) is 3.91. The van der Waals surface area contributed by atoms with Crippen LogP contribution in [0.4, 0.5) is 4.79 Å². The standard InChI is InChI=1S/C15H26N4O3S/c1-4-23-8-12(5-10(2)3)18-15(22)19-7-11(17-9-19)6-13(16)14(20)21/h7,9-10,12-13H,4-6,8,16H2,1-3H3,(H,18,22)(H,20,21)/t12-,13-/m0/s1. The molecular weight excluding hydrogens is 316 g/mol. The number of nitrogens with zero attached hydrogens (tertiary/aromatic N) is 2. The van der Waals surface area contributed by atoms with Gasteiger partial charge in [-0.15, -0.1) is 0 Å². The predicted octanol–water partition coefficient (Wildman–Crippen LogP) is 1.56. The molecule has 0 fully saturated rings. The molecule has 0 saturated carbocycles. The highest BCUT2D eigenvalue weighted by Crippen LogP contribution is 2.11. The molecule has 23 heavy (non-hydrogen) atoms. The fourth-order valence-corrected chi connectivity index (χ4v) is 2.88. The van der Waals surface area contributed by atoms with Gasteiger partial charge in [0.25, 0.3) is 0 Å². The van der Waals surface area contributed by atoms with Crippen LogP contribution in [0.15, 0.2) is 12.5 Å². The number of hydrogen-bond acceptors (Lipinski definition) is 5. The van der Waals surface area contributed by atoms with E-state index < -0.39 is 12.0 Å². The molecule has 7 nitrogen and oxygen atoms in total. The smallest absolute Gasteiger partial charge is 0.327 e. The average Bonchev–Trinajstić information content (AvgIpc) is 2.92. The summed E-state index contributed by atoms with van der Waals surface area (Å²) in [5, 5.41) is 11.8. The number of nitrogens with two attached hydrogens (primary N) is 1. The number of carboxylic acids is 1. The third kappa shape index (κ3) is 7.04. The van der Waals surface area contributed by atoms with Crippen molar-refractivity contribution in [2.24, 2.45) is 11.7 Å². The monoisotopic (exact) mass is 342 g/mol. The van der Waals surface area contributed by atoms with Gasteiger partial charge in [0.1, 0.15) is 12.4 Å². The summed E-state index contributed by atoms with van der Waals surface area (Å²) in [6, 6.07) is -1.18. The molecule has 1 aromatic rings. The van der Waals surface area contributed by atoms with Crippen LogP contribution in [-0.4, -0.2) is 50.2 Å². The van der Waals surface area contributed by atoms with E-state index in [4.69, 9.17) is 10.8 Å². The molecule has 1 amide bonds. The summed E-state index contributed by atoms with van der Waals surface area (Å²) in [5.41, 5.74) is 5.96. The summed E-state index contributed by atoms with van der Waals surface area (Å²) >= 11 is 1.79. The van der Waals surface area contributed by atoms with Gasteiger partial charge in [0.15, 0.2) is 0 Å². The molecule has 0 aliphatic carbocycles. The third-order valence-electron chi connectivity index (χ3n) is 3.22. The number of rotatable bonds is 9. The second-order valence-electron chi connectivity index (χ2n) is 5.86. The first-order valence-electron chi connectivity index (χ1n) is 7.73. The van der Waals surface area contributed by atoms with E-state index in [1.807, 2.05) is 0 Å². The lowest BCUT2D eigenvalue weighted by molar-refractivity contribution is -0.138. The summed E-state index contributed by atoms with van der Waals surface area (Å²) < 4.78 is 1.34. The molecule has 1 aromatic heterocycles. The Labute approximate surface area is 141 Å². The Morgan fingerprint density at radius 1 is 1.48 bits per heavy atom. The topological polar surface area (TPSA) is 110 Å². The number of carbonyl (C=O) groups excluding carboxylic acids is 1. The molecule has 0 aliphatic heterocycles. The van der Waals surface area contributed by atoms with Gasteiger partial charge < -0.3 is 16.2 Å². The second-order valence-corrected chi connectivity index (χ2v) is 7.18. The maximum Gasteiger partial charge on any atom is 0.327 e. The fourth-order valence-electron chi connectivity index (χ4n) is 2.14. The molecule has 0 radical (unpaired) electrons. The van der Waals surface area contributed by atoms with Crippen LogP contribution in [0.2, 0.25) is 0 Å². The molecule has 0 saturated heterocycles. The number of amides is 1. The van der Waals surface area contributed by atoms with E-state index in [0.29, 0.717) is 11.6 Å². The van der Waals surface area contributed by atoms with Crippen LogP contribution in [0.1, 0.15) is 32.9 Å². The van der Waals surface area contributed by atoms with E-state index in [0.717, 1.165) is 17.9 Å². The van der Waals surface area contributed by atoms with E-state index in [1.54, 1.807) is 11.8 Å². The van der Waals surface area contributed by atoms with Gasteiger partial charge in [0.2, 0.25) is 0 Å². The number of aliphatic carboxylic acids is 1. The summed E-state index contributed by atoms with van der Waals surface area (Å²) in [7, 11) is 0. The lowest BCUT2D eigenvalue weighted by Crippen LogP contribution is -2.39. The van der Waals surface area contributed by atoms with Gasteiger partial charge in [-0.25, -0.2) is 9.78 Å². The molecule has 130 valence electrons. The van der Waals surface area contributed by atoms with E-state index in [9.17, 15) is 9.59 Å². The zero-order chi connectivity index (χ0) is 17.4. The number of nitrogens with one attached hydrogen (secondary N) is 1. The lowest BCUT2D eigenvalue weighted by Gasteiger charge is -2.20. The first kappa shape index (κ1) is 19.5. The van der Waals surface area contributed by atoms with Crippen molar-refractivity contribution >= 4 is 23.8 Å². The Morgan fingerprint density at radius 2 is 2.17 bits per heavy atom. The molecule has 1 heterocycles. The Balaban J connectivity index is 2.64. The number of hydrogen-bond donors (Lipinski definition) is 3. The van der Waals surface area contributed by atoms with E-state index in [-0.39, 0.29) is 18.5 Å². The van der Waals surface area contributed by atoms with Crippen LogP contribution in [0.3, 0.4) is 0 Å². The highest BCUT2D eigenvalue weighted by Gasteiger charge is 2.17. The Bertz CT molecular complexity index is 519. The molecule has 8 heteroatoms. The van der Waals surface area contributed by atoms with Gasteiger partial charge >= 0.3 is 12.0 Å².